The number of nitrogens with one attached hydrogen (secondary N) is 1. The largest absolute Gasteiger partial charge is 0.484 e. The van der Waals surface area contributed by atoms with Crippen LogP contribution in [0.5, 0.6) is 11.6 Å². The van der Waals surface area contributed by atoms with Crippen molar-refractivity contribution in [3.63, 3.8) is 0 Å². The van der Waals surface area contributed by atoms with E-state index in [1.54, 1.807) is 18.3 Å². The Hall–Kier alpha value is -1.62. The predicted octanol–water partition coefficient (Wildman–Crippen LogP) is 2.20. The van der Waals surface area contributed by atoms with Gasteiger partial charge in [0.1, 0.15) is 18.5 Å². The van der Waals surface area contributed by atoms with E-state index < -0.39 is 0 Å². The van der Waals surface area contributed by atoms with E-state index in [1.165, 1.54) is 0 Å². The van der Waals surface area contributed by atoms with Gasteiger partial charge in [-0.15, -0.1) is 0 Å². The lowest BCUT2D eigenvalue weighted by atomic mass is 9.89. The normalized spacial score (nSPS) is 21.0. The van der Waals surface area contributed by atoms with Crippen molar-refractivity contribution in [1.82, 2.24) is 10.3 Å². The second-order valence-corrected chi connectivity index (χ2v) is 5.71. The molecule has 5 heteroatoms. The number of rotatable bonds is 8. The number of carbonyl (C=O) groups is 1. The summed E-state index contributed by atoms with van der Waals surface area (Å²) in [6.07, 6.45) is 3.90. The minimum absolute atomic E-state index is 0.0103. The molecule has 0 amide bonds. The molecular formula is C16H24N2O3. The van der Waals surface area contributed by atoms with Gasteiger partial charge in [-0.3, -0.25) is 4.79 Å². The monoisotopic (exact) mass is 292 g/mol. The van der Waals surface area contributed by atoms with Crippen LogP contribution >= 0.6 is 0 Å². The maximum Gasteiger partial charge on any atom is 0.213 e. The van der Waals surface area contributed by atoms with Crippen LogP contribution in [0.1, 0.15) is 33.6 Å². The van der Waals surface area contributed by atoms with E-state index in [9.17, 15) is 4.79 Å². The maximum absolute atomic E-state index is 11.5. The highest BCUT2D eigenvalue weighted by atomic mass is 16.5. The molecule has 0 spiro atoms. The Kier molecular flexibility index (Phi) is 5.56. The zero-order chi connectivity index (χ0) is 15.2. The summed E-state index contributed by atoms with van der Waals surface area (Å²) in [5, 5.41) is 3.39. The average molecular weight is 292 g/mol. The van der Waals surface area contributed by atoms with Crippen molar-refractivity contribution in [2.24, 2.45) is 5.92 Å². The Balaban J connectivity index is 1.74. The number of hydrogen-bond donors (Lipinski definition) is 1. The minimum Gasteiger partial charge on any atom is -0.484 e. The Bertz CT molecular complexity index is 453. The lowest BCUT2D eigenvalue weighted by molar-refractivity contribution is -0.123. The molecule has 0 bridgehead atoms. The van der Waals surface area contributed by atoms with Crippen LogP contribution in [0.2, 0.25) is 0 Å². The smallest absolute Gasteiger partial charge is 0.213 e. The summed E-state index contributed by atoms with van der Waals surface area (Å²) >= 11 is 0. The SMILES string of the molecule is CCN[C@H]1C[C@@H](Oc2ccc(OCC(=O)C(C)C)cn2)C1. The zero-order valence-electron chi connectivity index (χ0n) is 13.0. The first-order valence-electron chi connectivity index (χ1n) is 7.60. The molecule has 0 aromatic carbocycles. The van der Waals surface area contributed by atoms with Gasteiger partial charge in [0, 0.05) is 18.0 Å². The van der Waals surface area contributed by atoms with Gasteiger partial charge < -0.3 is 14.8 Å². The van der Waals surface area contributed by atoms with Crippen molar-refractivity contribution in [3.05, 3.63) is 18.3 Å². The maximum atomic E-state index is 11.5. The third-order valence-corrected chi connectivity index (χ3v) is 3.61. The Morgan fingerprint density at radius 3 is 2.76 bits per heavy atom. The molecule has 1 aliphatic rings. The van der Waals surface area contributed by atoms with Crippen LogP contribution < -0.4 is 14.8 Å². The van der Waals surface area contributed by atoms with Gasteiger partial charge >= 0.3 is 0 Å². The molecule has 0 radical (unpaired) electrons. The first-order valence-corrected chi connectivity index (χ1v) is 7.60. The van der Waals surface area contributed by atoms with Crippen molar-refractivity contribution < 1.29 is 14.3 Å². The third kappa shape index (κ3) is 4.70. The number of ether oxygens (including phenoxy) is 2. The summed E-state index contributed by atoms with van der Waals surface area (Å²) in [7, 11) is 0. The molecule has 5 nitrogen and oxygen atoms in total. The fraction of sp³-hybridized carbons (Fsp3) is 0.625. The molecule has 1 aliphatic carbocycles. The number of Topliss-reactive ketones (excluding diaryl/α,β-unsaturated/α-hetero) is 1. The fourth-order valence-corrected chi connectivity index (χ4v) is 2.13. The minimum atomic E-state index is -0.0103. The molecule has 0 atom stereocenters. The van der Waals surface area contributed by atoms with E-state index in [4.69, 9.17) is 9.47 Å². The Labute approximate surface area is 126 Å². The summed E-state index contributed by atoms with van der Waals surface area (Å²) in [6, 6.07) is 4.15. The summed E-state index contributed by atoms with van der Waals surface area (Å²) < 4.78 is 11.2. The van der Waals surface area contributed by atoms with Crippen LogP contribution in [0, 0.1) is 5.92 Å². The number of pyridine rings is 1. The summed E-state index contributed by atoms with van der Waals surface area (Å²) in [5.74, 6) is 1.27. The Morgan fingerprint density at radius 1 is 1.43 bits per heavy atom. The molecule has 1 saturated carbocycles. The summed E-state index contributed by atoms with van der Waals surface area (Å²) in [5.41, 5.74) is 0. The number of aromatic nitrogens is 1. The highest BCUT2D eigenvalue weighted by molar-refractivity contribution is 5.81. The topological polar surface area (TPSA) is 60.5 Å². The van der Waals surface area contributed by atoms with Crippen molar-refractivity contribution >= 4 is 5.78 Å². The molecule has 1 aromatic heterocycles. The van der Waals surface area contributed by atoms with Crippen LogP contribution in [0.4, 0.5) is 0 Å². The van der Waals surface area contributed by atoms with Gasteiger partial charge in [-0.25, -0.2) is 4.98 Å². The van der Waals surface area contributed by atoms with Gasteiger partial charge in [-0.1, -0.05) is 20.8 Å². The van der Waals surface area contributed by atoms with Crippen LogP contribution in [-0.4, -0.2) is 36.1 Å². The van der Waals surface area contributed by atoms with E-state index in [0.29, 0.717) is 17.7 Å². The lowest BCUT2D eigenvalue weighted by Gasteiger charge is -2.35. The van der Waals surface area contributed by atoms with Gasteiger partial charge in [-0.2, -0.15) is 0 Å². The summed E-state index contributed by atoms with van der Waals surface area (Å²) in [4.78, 5) is 15.7. The first-order chi connectivity index (χ1) is 10.1. The zero-order valence-corrected chi connectivity index (χ0v) is 13.0. The summed E-state index contributed by atoms with van der Waals surface area (Å²) in [6.45, 7) is 6.92. The van der Waals surface area contributed by atoms with Crippen LogP contribution in [0.15, 0.2) is 18.3 Å². The highest BCUT2D eigenvalue weighted by Gasteiger charge is 2.30. The number of carbonyl (C=O) groups excluding carboxylic acids is 1. The standard InChI is InChI=1S/C16H24N2O3/c1-4-17-12-7-14(8-12)21-16-6-5-13(9-18-16)20-10-15(19)11(2)3/h5-6,9,11-12,14,17H,4,7-8,10H2,1-3H3/t12-,14+. The molecule has 0 unspecified atom stereocenters. The molecule has 2 rings (SSSR count). The molecule has 116 valence electrons. The van der Waals surface area contributed by atoms with E-state index in [-0.39, 0.29) is 24.4 Å². The molecule has 0 aliphatic heterocycles. The average Bonchev–Trinajstić information content (AvgIpc) is 2.43. The molecule has 1 fully saturated rings. The lowest BCUT2D eigenvalue weighted by Crippen LogP contribution is -2.46. The second-order valence-electron chi connectivity index (χ2n) is 5.71. The molecule has 21 heavy (non-hydrogen) atoms. The second kappa shape index (κ2) is 7.41. The van der Waals surface area contributed by atoms with E-state index >= 15 is 0 Å². The predicted molar refractivity (Wildman–Crippen MR) is 80.7 cm³/mol. The van der Waals surface area contributed by atoms with Gasteiger partial charge in [0.15, 0.2) is 5.78 Å². The van der Waals surface area contributed by atoms with Crippen LogP contribution in [0.3, 0.4) is 0 Å². The molecule has 0 saturated heterocycles. The van der Waals surface area contributed by atoms with Crippen LogP contribution in [0.25, 0.3) is 0 Å². The van der Waals surface area contributed by atoms with Gasteiger partial charge in [0.25, 0.3) is 0 Å². The van der Waals surface area contributed by atoms with E-state index in [2.05, 4.69) is 17.2 Å². The fourth-order valence-electron chi connectivity index (χ4n) is 2.13. The number of hydrogen-bond acceptors (Lipinski definition) is 5. The van der Waals surface area contributed by atoms with Gasteiger partial charge in [-0.05, 0) is 25.5 Å². The molecule has 1 aromatic rings. The molecular weight excluding hydrogens is 268 g/mol. The first kappa shape index (κ1) is 15.8. The van der Waals surface area contributed by atoms with Gasteiger partial charge in [0.05, 0.1) is 6.20 Å². The quantitative estimate of drug-likeness (QED) is 0.796. The third-order valence-electron chi connectivity index (χ3n) is 3.61. The number of nitrogens with zero attached hydrogens (tertiary/aromatic N) is 1. The number of ketones is 1. The molecule has 1 N–H and O–H groups in total. The van der Waals surface area contributed by atoms with Crippen LogP contribution in [-0.2, 0) is 4.79 Å². The van der Waals surface area contributed by atoms with Gasteiger partial charge in [0.2, 0.25) is 5.88 Å². The van der Waals surface area contributed by atoms with Crippen molar-refractivity contribution in [3.8, 4) is 11.6 Å². The van der Waals surface area contributed by atoms with Crippen molar-refractivity contribution in [2.75, 3.05) is 13.2 Å². The van der Waals surface area contributed by atoms with Crippen molar-refractivity contribution in [2.45, 2.75) is 45.8 Å². The Morgan fingerprint density at radius 2 is 2.19 bits per heavy atom. The van der Waals surface area contributed by atoms with Crippen molar-refractivity contribution in [1.29, 1.82) is 0 Å². The highest BCUT2D eigenvalue weighted by Crippen LogP contribution is 2.25. The molecule has 1 heterocycles. The van der Waals surface area contributed by atoms with E-state index in [1.807, 2.05) is 13.8 Å². The van der Waals surface area contributed by atoms with E-state index in [0.717, 1.165) is 19.4 Å².